The molecule has 0 aliphatic heterocycles. The molecule has 0 aliphatic rings. The summed E-state index contributed by atoms with van der Waals surface area (Å²) in [6.45, 7) is 6.54. The zero-order valence-corrected chi connectivity index (χ0v) is 12.2. The summed E-state index contributed by atoms with van der Waals surface area (Å²) in [5.74, 6) is -0.357. The third-order valence-electron chi connectivity index (χ3n) is 2.91. The number of pyridine rings is 1. The molecule has 6 heteroatoms. The van der Waals surface area contributed by atoms with Crippen LogP contribution in [0.25, 0.3) is 0 Å². The highest BCUT2D eigenvalue weighted by Crippen LogP contribution is 2.05. The molecule has 0 saturated heterocycles. The van der Waals surface area contributed by atoms with Crippen molar-refractivity contribution in [1.82, 2.24) is 20.9 Å². The van der Waals surface area contributed by atoms with E-state index in [9.17, 15) is 9.59 Å². The van der Waals surface area contributed by atoms with Gasteiger partial charge in [-0.3, -0.25) is 15.1 Å². The molecule has 3 N–H and O–H groups in total. The number of imide groups is 1. The van der Waals surface area contributed by atoms with E-state index in [-0.39, 0.29) is 5.91 Å². The van der Waals surface area contributed by atoms with Gasteiger partial charge >= 0.3 is 6.03 Å². The second-order valence-electron chi connectivity index (χ2n) is 4.41. The number of aryl methyl sites for hydroxylation is 1. The van der Waals surface area contributed by atoms with Crippen molar-refractivity contribution < 1.29 is 9.59 Å². The van der Waals surface area contributed by atoms with E-state index < -0.39 is 12.1 Å². The molecule has 1 atom stereocenters. The summed E-state index contributed by atoms with van der Waals surface area (Å²) < 4.78 is 0. The Balaban J connectivity index is 2.48. The van der Waals surface area contributed by atoms with Crippen LogP contribution in [0.15, 0.2) is 18.3 Å². The van der Waals surface area contributed by atoms with Crippen molar-refractivity contribution in [2.45, 2.75) is 39.8 Å². The molecule has 0 saturated carbocycles. The van der Waals surface area contributed by atoms with Crippen molar-refractivity contribution in [2.24, 2.45) is 0 Å². The van der Waals surface area contributed by atoms with Gasteiger partial charge in [-0.1, -0.05) is 13.0 Å². The summed E-state index contributed by atoms with van der Waals surface area (Å²) >= 11 is 0. The average molecular weight is 278 g/mol. The number of carbonyl (C=O) groups is 2. The maximum atomic E-state index is 11.7. The van der Waals surface area contributed by atoms with Gasteiger partial charge in [-0.15, -0.1) is 0 Å². The highest BCUT2D eigenvalue weighted by atomic mass is 16.2. The number of amides is 3. The summed E-state index contributed by atoms with van der Waals surface area (Å²) in [5, 5.41) is 7.85. The van der Waals surface area contributed by atoms with Gasteiger partial charge in [0.1, 0.15) is 0 Å². The summed E-state index contributed by atoms with van der Waals surface area (Å²) in [5.41, 5.74) is 2.07. The molecule has 1 aromatic heterocycles. The minimum absolute atomic E-state index is 0.357. The highest BCUT2D eigenvalue weighted by Gasteiger charge is 2.15. The van der Waals surface area contributed by atoms with Crippen LogP contribution in [0, 0.1) is 0 Å². The molecule has 6 nitrogen and oxygen atoms in total. The quantitative estimate of drug-likeness (QED) is 0.724. The molecule has 3 amide bonds. The van der Waals surface area contributed by atoms with E-state index in [1.165, 1.54) is 0 Å². The molecule has 1 rings (SSSR count). The minimum atomic E-state index is -0.474. The second kappa shape index (κ2) is 8.27. The fourth-order valence-corrected chi connectivity index (χ4v) is 1.72. The average Bonchev–Trinajstić information content (AvgIpc) is 2.45. The Morgan fingerprint density at radius 3 is 2.75 bits per heavy atom. The Hall–Kier alpha value is -1.95. The molecule has 0 radical (unpaired) electrons. The van der Waals surface area contributed by atoms with Crippen LogP contribution in [0.1, 0.15) is 32.0 Å². The van der Waals surface area contributed by atoms with Gasteiger partial charge in [-0.05, 0) is 31.9 Å². The zero-order chi connectivity index (χ0) is 15.0. The van der Waals surface area contributed by atoms with Crippen molar-refractivity contribution in [1.29, 1.82) is 0 Å². The van der Waals surface area contributed by atoms with Crippen LogP contribution in [-0.2, 0) is 17.8 Å². The number of hydrogen-bond acceptors (Lipinski definition) is 4. The highest BCUT2D eigenvalue weighted by molar-refractivity contribution is 5.96. The molecule has 1 heterocycles. The Labute approximate surface area is 119 Å². The Kier molecular flexibility index (Phi) is 6.66. The topological polar surface area (TPSA) is 83.1 Å². The van der Waals surface area contributed by atoms with Crippen molar-refractivity contribution >= 4 is 11.9 Å². The number of nitrogens with zero attached hydrogens (tertiary/aromatic N) is 1. The molecule has 1 aromatic rings. The first-order valence-electron chi connectivity index (χ1n) is 6.83. The molecule has 0 aromatic carbocycles. The van der Waals surface area contributed by atoms with Gasteiger partial charge in [0.25, 0.3) is 0 Å². The Morgan fingerprint density at radius 2 is 2.10 bits per heavy atom. The normalized spacial score (nSPS) is 11.8. The third-order valence-corrected chi connectivity index (χ3v) is 2.91. The summed E-state index contributed by atoms with van der Waals surface area (Å²) in [6.07, 6.45) is 2.62. The number of urea groups is 1. The molecule has 20 heavy (non-hydrogen) atoms. The largest absolute Gasteiger partial charge is 0.338 e. The van der Waals surface area contributed by atoms with Gasteiger partial charge < -0.3 is 10.6 Å². The Bertz CT molecular complexity index is 462. The predicted octanol–water partition coefficient (Wildman–Crippen LogP) is 0.968. The van der Waals surface area contributed by atoms with E-state index in [2.05, 4.69) is 27.9 Å². The van der Waals surface area contributed by atoms with Crippen molar-refractivity contribution in [3.63, 3.8) is 0 Å². The van der Waals surface area contributed by atoms with Crippen LogP contribution < -0.4 is 16.0 Å². The molecular weight excluding hydrogens is 256 g/mol. The summed E-state index contributed by atoms with van der Waals surface area (Å²) in [7, 11) is 0. The summed E-state index contributed by atoms with van der Waals surface area (Å²) in [6, 6.07) is 2.97. The fraction of sp³-hybridized carbons (Fsp3) is 0.500. The SMILES string of the molecule is CCNC(=O)NC(=O)C(C)NCc1ncccc1CC. The van der Waals surface area contributed by atoms with Gasteiger partial charge in [-0.25, -0.2) is 4.79 Å². The van der Waals surface area contributed by atoms with E-state index in [0.717, 1.165) is 17.7 Å². The molecule has 110 valence electrons. The lowest BCUT2D eigenvalue weighted by Gasteiger charge is -2.14. The maximum Gasteiger partial charge on any atom is 0.321 e. The zero-order valence-electron chi connectivity index (χ0n) is 12.2. The molecule has 0 spiro atoms. The third kappa shape index (κ3) is 4.97. The van der Waals surface area contributed by atoms with E-state index in [0.29, 0.717) is 13.1 Å². The second-order valence-corrected chi connectivity index (χ2v) is 4.41. The van der Waals surface area contributed by atoms with E-state index in [1.807, 2.05) is 12.1 Å². The summed E-state index contributed by atoms with van der Waals surface area (Å²) in [4.78, 5) is 27.3. The van der Waals surface area contributed by atoms with Crippen molar-refractivity contribution in [3.05, 3.63) is 29.6 Å². The van der Waals surface area contributed by atoms with Crippen LogP contribution in [0.5, 0.6) is 0 Å². The monoisotopic (exact) mass is 278 g/mol. The molecule has 1 unspecified atom stereocenters. The first-order chi connectivity index (χ1) is 9.58. The van der Waals surface area contributed by atoms with Gasteiger partial charge in [0.2, 0.25) is 5.91 Å². The van der Waals surface area contributed by atoms with Crippen LogP contribution in [0.4, 0.5) is 4.79 Å². The lowest BCUT2D eigenvalue weighted by atomic mass is 10.1. The lowest BCUT2D eigenvalue weighted by molar-refractivity contribution is -0.121. The van der Waals surface area contributed by atoms with Crippen LogP contribution >= 0.6 is 0 Å². The number of carbonyl (C=O) groups excluding carboxylic acids is 2. The molecule has 0 fully saturated rings. The van der Waals surface area contributed by atoms with Crippen LogP contribution in [-0.4, -0.2) is 29.5 Å². The molecular formula is C14H22N4O2. The first-order valence-corrected chi connectivity index (χ1v) is 6.83. The van der Waals surface area contributed by atoms with Crippen molar-refractivity contribution in [2.75, 3.05) is 6.54 Å². The van der Waals surface area contributed by atoms with E-state index >= 15 is 0 Å². The lowest BCUT2D eigenvalue weighted by Crippen LogP contribution is -2.47. The van der Waals surface area contributed by atoms with Crippen LogP contribution in [0.2, 0.25) is 0 Å². The smallest absolute Gasteiger partial charge is 0.321 e. The predicted molar refractivity (Wildman–Crippen MR) is 77.1 cm³/mol. The van der Waals surface area contributed by atoms with Gasteiger partial charge in [-0.2, -0.15) is 0 Å². The first kappa shape index (κ1) is 16.1. The number of hydrogen-bond donors (Lipinski definition) is 3. The molecule has 0 aliphatic carbocycles. The molecule has 0 bridgehead atoms. The maximum absolute atomic E-state index is 11.7. The van der Waals surface area contributed by atoms with Gasteiger partial charge in [0.15, 0.2) is 0 Å². The van der Waals surface area contributed by atoms with Crippen molar-refractivity contribution in [3.8, 4) is 0 Å². The minimum Gasteiger partial charge on any atom is -0.338 e. The number of rotatable bonds is 6. The number of aromatic nitrogens is 1. The van der Waals surface area contributed by atoms with Gasteiger partial charge in [0.05, 0.1) is 11.7 Å². The fourth-order valence-electron chi connectivity index (χ4n) is 1.72. The van der Waals surface area contributed by atoms with Crippen LogP contribution in [0.3, 0.4) is 0 Å². The van der Waals surface area contributed by atoms with E-state index in [4.69, 9.17) is 0 Å². The standard InChI is InChI=1S/C14H22N4O2/c1-4-11-7-6-8-16-12(11)9-17-10(3)13(19)18-14(20)15-5-2/h6-8,10,17H,4-5,9H2,1-3H3,(H2,15,18,19,20). The Morgan fingerprint density at radius 1 is 1.35 bits per heavy atom. The number of nitrogens with one attached hydrogen (secondary N) is 3. The van der Waals surface area contributed by atoms with E-state index in [1.54, 1.807) is 20.0 Å². The van der Waals surface area contributed by atoms with Gasteiger partial charge in [0, 0.05) is 19.3 Å².